The predicted molar refractivity (Wildman–Crippen MR) is 110 cm³/mol. The van der Waals surface area contributed by atoms with Gasteiger partial charge in [0.25, 0.3) is 10.0 Å². The third-order valence-electron chi connectivity index (χ3n) is 4.16. The number of anilines is 1. The van der Waals surface area contributed by atoms with E-state index in [0.717, 1.165) is 23.6 Å². The second kappa shape index (κ2) is 10.4. The van der Waals surface area contributed by atoms with Crippen molar-refractivity contribution in [3.05, 3.63) is 59.4 Å². The Morgan fingerprint density at radius 2 is 1.71 bits per heavy atom. The van der Waals surface area contributed by atoms with Crippen LogP contribution in [0.5, 0.6) is 0 Å². The molecule has 0 heterocycles. The van der Waals surface area contributed by atoms with E-state index < -0.39 is 15.8 Å². The van der Waals surface area contributed by atoms with E-state index in [1.165, 1.54) is 48.5 Å². The lowest BCUT2D eigenvalue weighted by Gasteiger charge is -2.25. The highest BCUT2D eigenvalue weighted by Crippen LogP contribution is 2.24. The second-order valence-electron chi connectivity index (χ2n) is 6.31. The van der Waals surface area contributed by atoms with Crippen molar-refractivity contribution in [2.75, 3.05) is 17.4 Å². The molecule has 1 N–H and O–H groups in total. The molecule has 0 fully saturated rings. The first-order valence-electron chi connectivity index (χ1n) is 9.15. The van der Waals surface area contributed by atoms with E-state index in [2.05, 4.69) is 12.2 Å². The standard InChI is InChI=1S/C20H24ClFN2O3S/c1-2-3-4-5-20(25)23-14-15-24(18-10-8-17(22)9-11-18)28(26,27)19-12-6-16(21)7-13-19/h6-13H,2-5,14-15H2,1H3,(H,23,25). The molecule has 5 nitrogen and oxygen atoms in total. The summed E-state index contributed by atoms with van der Waals surface area (Å²) in [4.78, 5) is 12.0. The van der Waals surface area contributed by atoms with Crippen LogP contribution in [-0.4, -0.2) is 27.4 Å². The van der Waals surface area contributed by atoms with Crippen LogP contribution in [0.15, 0.2) is 53.4 Å². The quantitative estimate of drug-likeness (QED) is 0.573. The number of hydrogen-bond donors (Lipinski definition) is 1. The Bertz CT molecular complexity index is 871. The van der Waals surface area contributed by atoms with Gasteiger partial charge in [-0.15, -0.1) is 0 Å². The van der Waals surface area contributed by atoms with E-state index in [0.29, 0.717) is 17.1 Å². The maximum atomic E-state index is 13.3. The van der Waals surface area contributed by atoms with E-state index in [9.17, 15) is 17.6 Å². The molecule has 0 unspecified atom stereocenters. The molecule has 1 amide bonds. The van der Waals surface area contributed by atoms with Gasteiger partial charge in [-0.3, -0.25) is 9.10 Å². The van der Waals surface area contributed by atoms with Gasteiger partial charge in [-0.05, 0) is 55.0 Å². The maximum Gasteiger partial charge on any atom is 0.264 e. The number of amides is 1. The van der Waals surface area contributed by atoms with E-state index >= 15 is 0 Å². The first-order chi connectivity index (χ1) is 13.3. The van der Waals surface area contributed by atoms with Gasteiger partial charge in [-0.25, -0.2) is 12.8 Å². The van der Waals surface area contributed by atoms with Crippen LogP contribution in [0.4, 0.5) is 10.1 Å². The molecule has 152 valence electrons. The molecular weight excluding hydrogens is 403 g/mol. The highest BCUT2D eigenvalue weighted by Gasteiger charge is 2.25. The molecule has 0 aliphatic heterocycles. The van der Waals surface area contributed by atoms with Crippen LogP contribution in [0.2, 0.25) is 5.02 Å². The Balaban J connectivity index is 2.17. The normalized spacial score (nSPS) is 11.2. The van der Waals surface area contributed by atoms with Gasteiger partial charge < -0.3 is 5.32 Å². The van der Waals surface area contributed by atoms with Crippen LogP contribution in [0.1, 0.15) is 32.6 Å². The van der Waals surface area contributed by atoms with Crippen molar-refractivity contribution in [2.45, 2.75) is 37.5 Å². The summed E-state index contributed by atoms with van der Waals surface area (Å²) >= 11 is 5.85. The summed E-state index contributed by atoms with van der Waals surface area (Å²) in [6.45, 7) is 2.23. The van der Waals surface area contributed by atoms with Gasteiger partial charge in [0.2, 0.25) is 5.91 Å². The molecule has 0 saturated carbocycles. The molecule has 0 spiro atoms. The summed E-state index contributed by atoms with van der Waals surface area (Å²) in [6, 6.07) is 11.0. The number of benzene rings is 2. The monoisotopic (exact) mass is 426 g/mol. The molecule has 2 aromatic rings. The summed E-state index contributed by atoms with van der Waals surface area (Å²) in [5, 5.41) is 3.17. The number of unbranched alkanes of at least 4 members (excludes halogenated alkanes) is 2. The van der Waals surface area contributed by atoms with Gasteiger partial charge >= 0.3 is 0 Å². The van der Waals surface area contributed by atoms with Crippen molar-refractivity contribution in [1.82, 2.24) is 5.32 Å². The summed E-state index contributed by atoms with van der Waals surface area (Å²) in [5.41, 5.74) is 0.316. The summed E-state index contributed by atoms with van der Waals surface area (Å²) in [5.74, 6) is -0.576. The number of carbonyl (C=O) groups excluding carboxylic acids is 1. The smallest absolute Gasteiger partial charge is 0.264 e. The average molecular weight is 427 g/mol. The number of halogens is 2. The zero-order valence-electron chi connectivity index (χ0n) is 15.7. The van der Waals surface area contributed by atoms with Gasteiger partial charge in [-0.1, -0.05) is 31.4 Å². The van der Waals surface area contributed by atoms with E-state index in [-0.39, 0.29) is 23.9 Å². The van der Waals surface area contributed by atoms with Gasteiger partial charge in [0.15, 0.2) is 0 Å². The van der Waals surface area contributed by atoms with Gasteiger partial charge in [0.1, 0.15) is 5.82 Å². The topological polar surface area (TPSA) is 66.5 Å². The molecule has 2 aromatic carbocycles. The fourth-order valence-electron chi connectivity index (χ4n) is 2.65. The fourth-order valence-corrected chi connectivity index (χ4v) is 4.24. The second-order valence-corrected chi connectivity index (χ2v) is 8.61. The summed E-state index contributed by atoms with van der Waals surface area (Å²) < 4.78 is 40.6. The summed E-state index contributed by atoms with van der Waals surface area (Å²) in [6.07, 6.45) is 3.20. The predicted octanol–water partition coefficient (Wildman–Crippen LogP) is 4.37. The molecular formula is C20H24ClFN2O3S. The fraction of sp³-hybridized carbons (Fsp3) is 0.350. The minimum absolute atomic E-state index is 0.0239. The van der Waals surface area contributed by atoms with Crippen molar-refractivity contribution in [3.8, 4) is 0 Å². The average Bonchev–Trinajstić information content (AvgIpc) is 2.66. The molecule has 2 rings (SSSR count). The van der Waals surface area contributed by atoms with Crippen LogP contribution >= 0.6 is 11.6 Å². The summed E-state index contributed by atoms with van der Waals surface area (Å²) in [7, 11) is -3.90. The molecule has 28 heavy (non-hydrogen) atoms. The Morgan fingerprint density at radius 3 is 2.32 bits per heavy atom. The molecule has 0 bridgehead atoms. The van der Waals surface area contributed by atoms with Crippen LogP contribution in [0, 0.1) is 5.82 Å². The third-order valence-corrected chi connectivity index (χ3v) is 6.25. The van der Waals surface area contributed by atoms with Gasteiger partial charge in [0.05, 0.1) is 17.1 Å². The molecule has 0 saturated heterocycles. The number of nitrogens with one attached hydrogen (secondary N) is 1. The number of rotatable bonds is 10. The molecule has 0 aliphatic carbocycles. The van der Waals surface area contributed by atoms with Crippen molar-refractivity contribution in [1.29, 1.82) is 0 Å². The highest BCUT2D eigenvalue weighted by atomic mass is 35.5. The third kappa shape index (κ3) is 6.21. The van der Waals surface area contributed by atoms with Crippen LogP contribution in [-0.2, 0) is 14.8 Å². The lowest BCUT2D eigenvalue weighted by atomic mass is 10.2. The van der Waals surface area contributed by atoms with Crippen molar-refractivity contribution in [3.63, 3.8) is 0 Å². The number of hydrogen-bond acceptors (Lipinski definition) is 3. The van der Waals surface area contributed by atoms with E-state index in [1.54, 1.807) is 0 Å². The van der Waals surface area contributed by atoms with E-state index in [4.69, 9.17) is 11.6 Å². The first-order valence-corrected chi connectivity index (χ1v) is 11.0. The van der Waals surface area contributed by atoms with Gasteiger partial charge in [0, 0.05) is 18.0 Å². The minimum Gasteiger partial charge on any atom is -0.354 e. The zero-order valence-corrected chi connectivity index (χ0v) is 17.3. The van der Waals surface area contributed by atoms with Crippen molar-refractivity contribution >= 4 is 33.2 Å². The highest BCUT2D eigenvalue weighted by molar-refractivity contribution is 7.92. The minimum atomic E-state index is -3.90. The Hall–Kier alpha value is -2.12. The maximum absolute atomic E-state index is 13.3. The van der Waals surface area contributed by atoms with E-state index in [1.807, 2.05) is 0 Å². The zero-order chi connectivity index (χ0) is 20.6. The van der Waals surface area contributed by atoms with Crippen molar-refractivity contribution in [2.24, 2.45) is 0 Å². The van der Waals surface area contributed by atoms with Crippen LogP contribution in [0.25, 0.3) is 0 Å². The SMILES string of the molecule is CCCCCC(=O)NCCN(c1ccc(F)cc1)S(=O)(=O)c1ccc(Cl)cc1. The van der Waals surface area contributed by atoms with Crippen LogP contribution < -0.4 is 9.62 Å². The lowest BCUT2D eigenvalue weighted by molar-refractivity contribution is -0.121. The largest absolute Gasteiger partial charge is 0.354 e. The Morgan fingerprint density at radius 1 is 1.07 bits per heavy atom. The number of sulfonamides is 1. The van der Waals surface area contributed by atoms with Crippen LogP contribution in [0.3, 0.4) is 0 Å². The molecule has 0 aliphatic rings. The molecule has 0 radical (unpaired) electrons. The Kier molecular flexibility index (Phi) is 8.26. The molecule has 0 atom stereocenters. The molecule has 0 aromatic heterocycles. The molecule has 8 heteroatoms. The lowest BCUT2D eigenvalue weighted by Crippen LogP contribution is -2.38. The first kappa shape index (κ1) is 22.2. The number of nitrogens with zero attached hydrogens (tertiary/aromatic N) is 1. The Labute approximate surface area is 170 Å². The number of carbonyl (C=O) groups is 1. The van der Waals surface area contributed by atoms with Crippen molar-refractivity contribution < 1.29 is 17.6 Å². The van der Waals surface area contributed by atoms with Gasteiger partial charge in [-0.2, -0.15) is 0 Å².